The van der Waals surface area contributed by atoms with Crippen LogP contribution in [0.15, 0.2) is 18.3 Å². The van der Waals surface area contributed by atoms with Crippen LogP contribution in [0, 0.1) is 0 Å². The van der Waals surface area contributed by atoms with Crippen LogP contribution in [0.25, 0.3) is 0 Å². The van der Waals surface area contributed by atoms with Crippen LogP contribution in [0.4, 0.5) is 5.82 Å². The molecule has 106 valence electrons. The minimum atomic E-state index is 0.426. The molecule has 1 aliphatic rings. The molecule has 0 atom stereocenters. The summed E-state index contributed by atoms with van der Waals surface area (Å²) in [6.45, 7) is 1.69. The van der Waals surface area contributed by atoms with Gasteiger partial charge in [-0.3, -0.25) is 0 Å². The smallest absolute Gasteiger partial charge is 0.179 e. The van der Waals surface area contributed by atoms with Gasteiger partial charge in [-0.25, -0.2) is 4.68 Å². The van der Waals surface area contributed by atoms with Crippen molar-refractivity contribution in [3.63, 3.8) is 0 Å². The van der Waals surface area contributed by atoms with Crippen LogP contribution in [0.2, 0.25) is 10.0 Å². The number of aromatic nitrogens is 2. The Balaban J connectivity index is 1.93. The molecule has 0 radical (unpaired) electrons. The number of hydrogen-bond acceptors (Lipinski definition) is 4. The Morgan fingerprint density at radius 3 is 2.75 bits per heavy atom. The van der Waals surface area contributed by atoms with Gasteiger partial charge in [-0.2, -0.15) is 5.10 Å². The lowest BCUT2D eigenvalue weighted by Gasteiger charge is -2.12. The maximum Gasteiger partial charge on any atom is 0.179 e. The first-order valence-corrected chi connectivity index (χ1v) is 6.95. The number of hydrogen-bond donors (Lipinski definition) is 1. The van der Waals surface area contributed by atoms with Crippen molar-refractivity contribution in [2.24, 2.45) is 0 Å². The second-order valence-corrected chi connectivity index (χ2v) is 5.31. The van der Waals surface area contributed by atoms with E-state index in [4.69, 9.17) is 38.4 Å². The number of fused-ring (bicyclic) bond motifs is 1. The first-order chi connectivity index (χ1) is 9.65. The Morgan fingerprint density at radius 2 is 2.00 bits per heavy atom. The minimum absolute atomic E-state index is 0.426. The average molecular weight is 314 g/mol. The fourth-order valence-electron chi connectivity index (χ4n) is 2.05. The third-order valence-corrected chi connectivity index (χ3v) is 3.60. The van der Waals surface area contributed by atoms with Crippen molar-refractivity contribution in [3.8, 4) is 11.5 Å². The van der Waals surface area contributed by atoms with E-state index in [1.165, 1.54) is 6.20 Å². The van der Waals surface area contributed by atoms with Crippen LogP contribution < -0.4 is 15.2 Å². The van der Waals surface area contributed by atoms with Gasteiger partial charge in [-0.1, -0.05) is 23.2 Å². The summed E-state index contributed by atoms with van der Waals surface area (Å²) in [5.74, 6) is 1.68. The highest BCUT2D eigenvalue weighted by Crippen LogP contribution is 2.38. The number of ether oxygens (including phenoxy) is 2. The van der Waals surface area contributed by atoms with Crippen molar-refractivity contribution in [1.82, 2.24) is 9.78 Å². The van der Waals surface area contributed by atoms with Crippen LogP contribution in [-0.2, 0) is 6.54 Å². The molecule has 0 aliphatic carbocycles. The summed E-state index contributed by atoms with van der Waals surface area (Å²) in [6.07, 6.45) is 2.35. The molecular weight excluding hydrogens is 301 g/mol. The van der Waals surface area contributed by atoms with E-state index in [-0.39, 0.29) is 0 Å². The molecule has 7 heteroatoms. The summed E-state index contributed by atoms with van der Waals surface area (Å²) in [5, 5.41) is 5.08. The molecule has 0 bridgehead atoms. The summed E-state index contributed by atoms with van der Waals surface area (Å²) in [6, 6.07) is 3.71. The molecule has 1 aromatic carbocycles. The molecule has 2 heterocycles. The number of anilines is 1. The summed E-state index contributed by atoms with van der Waals surface area (Å²) in [7, 11) is 0. The van der Waals surface area contributed by atoms with Crippen LogP contribution >= 0.6 is 23.2 Å². The highest BCUT2D eigenvalue weighted by Gasteiger charge is 2.16. The zero-order chi connectivity index (χ0) is 14.1. The molecule has 5 nitrogen and oxygen atoms in total. The SMILES string of the molecule is Nc1c(Cl)cnn1Cc1cc(Cl)c2c(c1)OCCCO2. The lowest BCUT2D eigenvalue weighted by atomic mass is 10.2. The van der Waals surface area contributed by atoms with Gasteiger partial charge < -0.3 is 15.2 Å². The Kier molecular flexibility index (Phi) is 3.63. The molecule has 20 heavy (non-hydrogen) atoms. The molecule has 1 aliphatic heterocycles. The van der Waals surface area contributed by atoms with Crippen molar-refractivity contribution >= 4 is 29.0 Å². The van der Waals surface area contributed by atoms with Gasteiger partial charge in [-0.15, -0.1) is 0 Å². The lowest BCUT2D eigenvalue weighted by Crippen LogP contribution is -2.06. The fraction of sp³-hybridized carbons (Fsp3) is 0.308. The van der Waals surface area contributed by atoms with Crippen LogP contribution in [-0.4, -0.2) is 23.0 Å². The van der Waals surface area contributed by atoms with E-state index < -0.39 is 0 Å². The molecule has 2 aromatic rings. The van der Waals surface area contributed by atoms with E-state index >= 15 is 0 Å². The van der Waals surface area contributed by atoms with Crippen LogP contribution in [0.3, 0.4) is 0 Å². The predicted molar refractivity (Wildman–Crippen MR) is 77.8 cm³/mol. The van der Waals surface area contributed by atoms with Gasteiger partial charge in [0.15, 0.2) is 11.5 Å². The van der Waals surface area contributed by atoms with Crippen molar-refractivity contribution in [3.05, 3.63) is 33.9 Å². The largest absolute Gasteiger partial charge is 0.489 e. The van der Waals surface area contributed by atoms with Crippen LogP contribution in [0.5, 0.6) is 11.5 Å². The maximum atomic E-state index is 6.24. The van der Waals surface area contributed by atoms with Gasteiger partial charge in [0, 0.05) is 6.42 Å². The average Bonchev–Trinajstić information content (AvgIpc) is 2.66. The summed E-state index contributed by atoms with van der Waals surface area (Å²) in [4.78, 5) is 0. The molecule has 0 spiro atoms. The van der Waals surface area contributed by atoms with Crippen molar-refractivity contribution < 1.29 is 9.47 Å². The lowest BCUT2D eigenvalue weighted by molar-refractivity contribution is 0.297. The Labute approximate surface area is 126 Å². The zero-order valence-electron chi connectivity index (χ0n) is 10.6. The standard InChI is InChI=1S/C13H13Cl2N3O2/c14-9-4-8(7-18-13(16)10(15)6-17-18)5-11-12(9)20-3-1-2-19-11/h4-6H,1-3,7,16H2. The van der Waals surface area contributed by atoms with Gasteiger partial charge in [0.05, 0.1) is 31.0 Å². The third-order valence-electron chi connectivity index (χ3n) is 3.03. The monoisotopic (exact) mass is 313 g/mol. The highest BCUT2D eigenvalue weighted by atomic mass is 35.5. The highest BCUT2D eigenvalue weighted by molar-refractivity contribution is 6.33. The third kappa shape index (κ3) is 2.51. The van der Waals surface area contributed by atoms with Crippen molar-refractivity contribution in [1.29, 1.82) is 0 Å². The molecule has 0 saturated heterocycles. The second kappa shape index (κ2) is 5.42. The zero-order valence-corrected chi connectivity index (χ0v) is 12.1. The molecule has 2 N–H and O–H groups in total. The van der Waals surface area contributed by atoms with Gasteiger partial charge >= 0.3 is 0 Å². The molecule has 0 fully saturated rings. The number of nitrogens with two attached hydrogens (primary N) is 1. The van der Waals surface area contributed by atoms with E-state index in [0.29, 0.717) is 47.1 Å². The van der Waals surface area contributed by atoms with E-state index in [1.54, 1.807) is 4.68 Å². The fourth-order valence-corrected chi connectivity index (χ4v) is 2.48. The molecule has 0 amide bonds. The van der Waals surface area contributed by atoms with Gasteiger partial charge in [-0.05, 0) is 17.7 Å². The molecule has 3 rings (SSSR count). The van der Waals surface area contributed by atoms with E-state index in [9.17, 15) is 0 Å². The normalized spacial score (nSPS) is 14.1. The summed E-state index contributed by atoms with van der Waals surface area (Å²) in [5.41, 5.74) is 6.75. The Bertz CT molecular complexity index is 643. The second-order valence-electron chi connectivity index (χ2n) is 4.49. The van der Waals surface area contributed by atoms with Gasteiger partial charge in [0.2, 0.25) is 0 Å². The van der Waals surface area contributed by atoms with E-state index in [0.717, 1.165) is 12.0 Å². The van der Waals surface area contributed by atoms with Crippen molar-refractivity contribution in [2.45, 2.75) is 13.0 Å². The number of rotatable bonds is 2. The first-order valence-electron chi connectivity index (χ1n) is 6.20. The Hall–Kier alpha value is -1.59. The summed E-state index contributed by atoms with van der Waals surface area (Å²) >= 11 is 12.1. The van der Waals surface area contributed by atoms with E-state index in [1.807, 2.05) is 12.1 Å². The predicted octanol–water partition coefficient (Wildman–Crippen LogP) is 2.98. The van der Waals surface area contributed by atoms with Gasteiger partial charge in [0.25, 0.3) is 0 Å². The quantitative estimate of drug-likeness (QED) is 0.925. The number of benzene rings is 1. The molecular formula is C13H13Cl2N3O2. The van der Waals surface area contributed by atoms with Gasteiger partial charge in [0.1, 0.15) is 10.8 Å². The van der Waals surface area contributed by atoms with Crippen LogP contribution in [0.1, 0.15) is 12.0 Å². The van der Waals surface area contributed by atoms with E-state index in [2.05, 4.69) is 5.10 Å². The molecule has 1 aromatic heterocycles. The number of nitrogens with zero attached hydrogens (tertiary/aromatic N) is 2. The first kappa shape index (κ1) is 13.4. The molecule has 0 saturated carbocycles. The summed E-state index contributed by atoms with van der Waals surface area (Å²) < 4.78 is 12.8. The van der Waals surface area contributed by atoms with Crippen molar-refractivity contribution in [2.75, 3.05) is 18.9 Å². The topological polar surface area (TPSA) is 62.3 Å². The minimum Gasteiger partial charge on any atom is -0.489 e. The number of halogens is 2. The maximum absolute atomic E-state index is 6.24. The molecule has 0 unspecified atom stereocenters. The Morgan fingerprint density at radius 1 is 1.20 bits per heavy atom. The number of nitrogen functional groups attached to an aromatic ring is 1.